The summed E-state index contributed by atoms with van der Waals surface area (Å²) in [5.41, 5.74) is 15.3. The average molecular weight is 591 g/mol. The Morgan fingerprint density at radius 3 is 2.44 bits per heavy atom. The zero-order valence-corrected chi connectivity index (χ0v) is 23.4. The van der Waals surface area contributed by atoms with Gasteiger partial charge in [0.2, 0.25) is 6.29 Å². The van der Waals surface area contributed by atoms with Crippen LogP contribution in [0.2, 0.25) is 0 Å². The third kappa shape index (κ3) is 7.01. The minimum Gasteiger partial charge on any atom is -0.467 e. The Bertz CT molecular complexity index is 945. The second-order valence-electron chi connectivity index (χ2n) is 11.7. The van der Waals surface area contributed by atoms with Gasteiger partial charge in [-0.05, 0) is 32.9 Å². The molecule has 2 heterocycles. The van der Waals surface area contributed by atoms with E-state index in [9.17, 15) is 25.2 Å². The number of nitrogens with two attached hydrogens (primary N) is 3. The van der Waals surface area contributed by atoms with Crippen LogP contribution in [0, 0.1) is 0 Å². The normalized spacial score (nSPS) is 46.4. The zero-order valence-electron chi connectivity index (χ0n) is 23.4. The molecule has 16 heteroatoms. The minimum absolute atomic E-state index is 0.0374. The fraction of sp³-hybridized carbons (Fsp3) is 0.880. The lowest BCUT2D eigenvalue weighted by Gasteiger charge is -2.49. The standard InChI is InChI=1S/C25H46N6O10/c1-24(36)10-38-22(17(34)20(24)29-2)41-19-14(31-23(35)25(37)8-15(25)28)7-13(27)18(16(19)33)40-21-12(26)4-3-11(39-21)9-30-5-6-32/h3,12-22,29-30,32-34,36-37H,4-10,26-28H2,1-2H3,(H,31,35)/t12-,13+,14-,15?,16+,17-,18-,19+,20-,21-,22-,24+,25?/m1/s1. The molecule has 0 aromatic carbocycles. The molecule has 4 aliphatic rings. The van der Waals surface area contributed by atoms with Gasteiger partial charge in [0, 0.05) is 25.0 Å². The molecule has 0 radical (unpaired) electrons. The number of carbonyl (C=O) groups excluding carboxylic acids is 1. The Morgan fingerprint density at radius 1 is 1.12 bits per heavy atom. The molecule has 2 unspecified atom stereocenters. The van der Waals surface area contributed by atoms with Gasteiger partial charge >= 0.3 is 0 Å². The van der Waals surface area contributed by atoms with Crippen molar-refractivity contribution in [2.24, 2.45) is 17.2 Å². The van der Waals surface area contributed by atoms with Crippen molar-refractivity contribution >= 4 is 5.91 Å². The fourth-order valence-corrected chi connectivity index (χ4v) is 5.64. The Labute approximate surface area is 238 Å². The van der Waals surface area contributed by atoms with Crippen LogP contribution >= 0.6 is 0 Å². The molecule has 236 valence electrons. The third-order valence-electron chi connectivity index (χ3n) is 8.26. The lowest BCUT2D eigenvalue weighted by molar-refractivity contribution is -0.304. The van der Waals surface area contributed by atoms with Gasteiger partial charge in [0.25, 0.3) is 5.91 Å². The van der Waals surface area contributed by atoms with Crippen LogP contribution < -0.4 is 33.2 Å². The number of hydrogen-bond donors (Lipinski definition) is 11. The number of hydrogen-bond acceptors (Lipinski definition) is 15. The Kier molecular flexibility index (Phi) is 10.3. The van der Waals surface area contributed by atoms with Crippen molar-refractivity contribution in [2.45, 2.75) is 105 Å². The molecule has 3 fully saturated rings. The first-order chi connectivity index (χ1) is 19.3. The highest BCUT2D eigenvalue weighted by Gasteiger charge is 2.59. The summed E-state index contributed by atoms with van der Waals surface area (Å²) in [7, 11) is 1.57. The smallest absolute Gasteiger partial charge is 0.253 e. The largest absolute Gasteiger partial charge is 0.467 e. The van der Waals surface area contributed by atoms with Crippen LogP contribution in [0.5, 0.6) is 0 Å². The Balaban J connectivity index is 1.51. The number of nitrogens with one attached hydrogen (secondary N) is 3. The molecule has 1 amide bonds. The van der Waals surface area contributed by atoms with Gasteiger partial charge in [-0.15, -0.1) is 0 Å². The van der Waals surface area contributed by atoms with Crippen LogP contribution in [-0.2, 0) is 23.7 Å². The summed E-state index contributed by atoms with van der Waals surface area (Å²) in [6, 6.07) is -3.86. The van der Waals surface area contributed by atoms with Gasteiger partial charge in [-0.3, -0.25) is 4.79 Å². The van der Waals surface area contributed by atoms with Crippen molar-refractivity contribution in [1.82, 2.24) is 16.0 Å². The maximum Gasteiger partial charge on any atom is 0.253 e. The number of aliphatic hydroxyl groups is 5. The highest BCUT2D eigenvalue weighted by molar-refractivity contribution is 5.89. The minimum atomic E-state index is -1.74. The van der Waals surface area contributed by atoms with Gasteiger partial charge in [0.15, 0.2) is 11.9 Å². The molecule has 41 heavy (non-hydrogen) atoms. The van der Waals surface area contributed by atoms with E-state index in [1.165, 1.54) is 6.92 Å². The van der Waals surface area contributed by atoms with E-state index in [0.29, 0.717) is 25.3 Å². The fourth-order valence-electron chi connectivity index (χ4n) is 5.64. The zero-order chi connectivity index (χ0) is 30.1. The number of amides is 1. The van der Waals surface area contributed by atoms with E-state index in [1.54, 1.807) is 7.05 Å². The molecule has 16 nitrogen and oxygen atoms in total. The summed E-state index contributed by atoms with van der Waals surface area (Å²) in [5.74, 6) is -0.175. The molecule has 1 saturated heterocycles. The van der Waals surface area contributed by atoms with Gasteiger partial charge in [-0.2, -0.15) is 0 Å². The molecular weight excluding hydrogens is 544 g/mol. The second kappa shape index (κ2) is 13.0. The van der Waals surface area contributed by atoms with Crippen molar-refractivity contribution in [3.63, 3.8) is 0 Å². The molecule has 13 atom stereocenters. The average Bonchev–Trinajstić information content (AvgIpc) is 3.54. The highest BCUT2D eigenvalue weighted by Crippen LogP contribution is 2.36. The van der Waals surface area contributed by atoms with Crippen LogP contribution in [0.3, 0.4) is 0 Å². The molecule has 2 aliphatic carbocycles. The van der Waals surface area contributed by atoms with Crippen molar-refractivity contribution in [3.8, 4) is 0 Å². The van der Waals surface area contributed by atoms with Gasteiger partial charge in [-0.1, -0.05) is 0 Å². The van der Waals surface area contributed by atoms with Crippen LogP contribution in [0.25, 0.3) is 0 Å². The van der Waals surface area contributed by atoms with E-state index in [0.717, 1.165) is 0 Å². The number of likely N-dealkylation sites (N-methyl/N-ethyl adjacent to an activating group) is 1. The number of carbonyl (C=O) groups is 1. The quantitative estimate of drug-likeness (QED) is 0.100. The summed E-state index contributed by atoms with van der Waals surface area (Å²) in [6.07, 6.45) is -4.97. The van der Waals surface area contributed by atoms with Gasteiger partial charge in [0.1, 0.15) is 35.8 Å². The van der Waals surface area contributed by atoms with E-state index >= 15 is 0 Å². The molecule has 2 saturated carbocycles. The Morgan fingerprint density at radius 2 is 1.80 bits per heavy atom. The van der Waals surface area contributed by atoms with E-state index < -0.39 is 84.3 Å². The van der Waals surface area contributed by atoms with Gasteiger partial charge in [-0.25, -0.2) is 0 Å². The molecule has 0 aromatic rings. The van der Waals surface area contributed by atoms with Crippen molar-refractivity contribution in [1.29, 1.82) is 0 Å². The van der Waals surface area contributed by atoms with Crippen LogP contribution in [0.1, 0.15) is 26.2 Å². The first-order valence-corrected chi connectivity index (χ1v) is 14.0. The highest BCUT2D eigenvalue weighted by atomic mass is 16.7. The molecule has 0 aromatic heterocycles. The van der Waals surface area contributed by atoms with E-state index in [2.05, 4.69) is 16.0 Å². The maximum absolute atomic E-state index is 12.9. The van der Waals surface area contributed by atoms with Crippen LogP contribution in [0.4, 0.5) is 0 Å². The number of ether oxygens (including phenoxy) is 4. The lowest BCUT2D eigenvalue weighted by atomic mass is 9.83. The predicted molar refractivity (Wildman–Crippen MR) is 143 cm³/mol. The van der Waals surface area contributed by atoms with E-state index in [-0.39, 0.29) is 26.1 Å². The van der Waals surface area contributed by atoms with Crippen LogP contribution in [-0.4, -0.2) is 143 Å². The third-order valence-corrected chi connectivity index (χ3v) is 8.26. The molecule has 14 N–H and O–H groups in total. The molecule has 0 bridgehead atoms. The lowest BCUT2D eigenvalue weighted by Crippen LogP contribution is -2.69. The second-order valence-corrected chi connectivity index (χ2v) is 11.7. The van der Waals surface area contributed by atoms with Crippen molar-refractivity contribution < 1.29 is 49.3 Å². The first-order valence-electron chi connectivity index (χ1n) is 14.0. The SMILES string of the molecule is CN[C@@H]1[C@@H](O)[C@@H](O[C@@H]2[C@@H](O)[C@H](O[C@H]3OC(CNCCO)=CC[C@H]3N)[C@@H](N)C[C@H]2NC(=O)C2(O)CC2N)OC[C@]1(C)O. The van der Waals surface area contributed by atoms with Gasteiger partial charge < -0.3 is 77.6 Å². The maximum atomic E-state index is 12.9. The van der Waals surface area contributed by atoms with E-state index in [1.807, 2.05) is 6.08 Å². The summed E-state index contributed by atoms with van der Waals surface area (Å²) in [6.45, 7) is 1.99. The Hall–Kier alpha value is -1.51. The molecule has 4 rings (SSSR count). The molecule has 2 aliphatic heterocycles. The number of aliphatic hydroxyl groups excluding tert-OH is 3. The monoisotopic (exact) mass is 590 g/mol. The topological polar surface area (TPSA) is 269 Å². The predicted octanol–water partition coefficient (Wildman–Crippen LogP) is -5.61. The van der Waals surface area contributed by atoms with Gasteiger partial charge in [0.05, 0.1) is 37.9 Å². The number of rotatable bonds is 11. The first kappa shape index (κ1) is 32.4. The van der Waals surface area contributed by atoms with Crippen molar-refractivity contribution in [3.05, 3.63) is 11.8 Å². The summed E-state index contributed by atoms with van der Waals surface area (Å²) < 4.78 is 23.7. The van der Waals surface area contributed by atoms with E-state index in [4.69, 9.17) is 41.3 Å². The summed E-state index contributed by atoms with van der Waals surface area (Å²) in [4.78, 5) is 12.9. The summed E-state index contributed by atoms with van der Waals surface area (Å²) in [5, 5.41) is 61.1. The van der Waals surface area contributed by atoms with Crippen molar-refractivity contribution in [2.75, 3.05) is 33.4 Å². The molecular formula is C25H46N6O10. The molecule has 0 spiro atoms. The van der Waals surface area contributed by atoms with Crippen LogP contribution in [0.15, 0.2) is 11.8 Å². The summed E-state index contributed by atoms with van der Waals surface area (Å²) >= 11 is 0.